The Morgan fingerprint density at radius 3 is 2.68 bits per heavy atom. The monoisotopic (exact) mass is 260 g/mol. The van der Waals surface area contributed by atoms with Gasteiger partial charge >= 0.3 is 0 Å². The van der Waals surface area contributed by atoms with Crippen molar-refractivity contribution in [2.75, 3.05) is 12.4 Å². The van der Waals surface area contributed by atoms with Crippen molar-refractivity contribution >= 4 is 17.4 Å². The third-order valence-electron chi connectivity index (χ3n) is 3.55. The number of aryl methyl sites for hydroxylation is 1. The zero-order chi connectivity index (χ0) is 14.0. The molecule has 1 atom stereocenters. The molecule has 2 N–H and O–H groups in total. The van der Waals surface area contributed by atoms with Crippen LogP contribution in [0.5, 0.6) is 0 Å². The van der Waals surface area contributed by atoms with Crippen LogP contribution < -0.4 is 10.6 Å². The van der Waals surface area contributed by atoms with Gasteiger partial charge in [0.15, 0.2) is 5.78 Å². The molecule has 0 aliphatic carbocycles. The SMILES string of the molecule is CNC(C(=O)c1ccc2c(c1)CCC(=O)N2)C(C)C. The van der Waals surface area contributed by atoms with Gasteiger partial charge < -0.3 is 10.6 Å². The van der Waals surface area contributed by atoms with Crippen molar-refractivity contribution in [1.29, 1.82) is 0 Å². The second-order valence-electron chi connectivity index (χ2n) is 5.29. The number of ketones is 1. The predicted molar refractivity (Wildman–Crippen MR) is 75.4 cm³/mol. The van der Waals surface area contributed by atoms with Crippen LogP contribution in [0.15, 0.2) is 18.2 Å². The Morgan fingerprint density at radius 1 is 1.32 bits per heavy atom. The first-order chi connectivity index (χ1) is 9.02. The minimum Gasteiger partial charge on any atom is -0.326 e. The van der Waals surface area contributed by atoms with E-state index in [1.807, 2.05) is 26.0 Å². The molecule has 2 rings (SSSR count). The number of fused-ring (bicyclic) bond motifs is 1. The maximum absolute atomic E-state index is 12.4. The van der Waals surface area contributed by atoms with Crippen molar-refractivity contribution in [2.24, 2.45) is 5.92 Å². The molecule has 0 fully saturated rings. The standard InChI is InChI=1S/C15H20N2O2/c1-9(2)14(16-3)15(19)11-4-6-12-10(8-11)5-7-13(18)17-12/h4,6,8-9,14,16H,5,7H2,1-3H3,(H,17,18). The second kappa shape index (κ2) is 5.53. The highest BCUT2D eigenvalue weighted by Gasteiger charge is 2.23. The van der Waals surface area contributed by atoms with E-state index in [0.717, 1.165) is 11.3 Å². The molecular formula is C15H20N2O2. The van der Waals surface area contributed by atoms with E-state index in [0.29, 0.717) is 18.4 Å². The average Bonchev–Trinajstić information content (AvgIpc) is 2.38. The van der Waals surface area contributed by atoms with Crippen molar-refractivity contribution in [3.63, 3.8) is 0 Å². The molecule has 1 amide bonds. The van der Waals surface area contributed by atoms with E-state index in [9.17, 15) is 9.59 Å². The molecule has 4 nitrogen and oxygen atoms in total. The number of rotatable bonds is 4. The molecule has 1 aromatic rings. The summed E-state index contributed by atoms with van der Waals surface area (Å²) in [5.74, 6) is 0.396. The molecule has 1 aliphatic rings. The molecule has 0 aromatic heterocycles. The third kappa shape index (κ3) is 2.84. The normalized spacial score (nSPS) is 15.9. The largest absolute Gasteiger partial charge is 0.326 e. The summed E-state index contributed by atoms with van der Waals surface area (Å²) in [6.07, 6.45) is 1.19. The molecule has 19 heavy (non-hydrogen) atoms. The van der Waals surface area contributed by atoms with Crippen LogP contribution >= 0.6 is 0 Å². The van der Waals surface area contributed by atoms with E-state index >= 15 is 0 Å². The fourth-order valence-electron chi connectivity index (χ4n) is 2.48. The summed E-state index contributed by atoms with van der Waals surface area (Å²) in [5, 5.41) is 5.89. The van der Waals surface area contributed by atoms with Gasteiger partial charge in [0.1, 0.15) is 0 Å². The van der Waals surface area contributed by atoms with Crippen LogP contribution in [0.4, 0.5) is 5.69 Å². The van der Waals surface area contributed by atoms with Crippen LogP contribution in [0.2, 0.25) is 0 Å². The van der Waals surface area contributed by atoms with Gasteiger partial charge in [-0.05, 0) is 43.1 Å². The Hall–Kier alpha value is -1.68. The molecule has 0 radical (unpaired) electrons. The summed E-state index contributed by atoms with van der Waals surface area (Å²) >= 11 is 0. The van der Waals surface area contributed by atoms with Gasteiger partial charge in [0, 0.05) is 17.7 Å². The lowest BCUT2D eigenvalue weighted by Crippen LogP contribution is -2.38. The third-order valence-corrected chi connectivity index (χ3v) is 3.55. The molecule has 1 heterocycles. The van der Waals surface area contributed by atoms with E-state index < -0.39 is 0 Å². The molecule has 1 unspecified atom stereocenters. The zero-order valence-corrected chi connectivity index (χ0v) is 11.6. The summed E-state index contributed by atoms with van der Waals surface area (Å²) < 4.78 is 0. The summed E-state index contributed by atoms with van der Waals surface area (Å²) in [4.78, 5) is 23.7. The maximum atomic E-state index is 12.4. The van der Waals surface area contributed by atoms with Crippen molar-refractivity contribution in [3.05, 3.63) is 29.3 Å². The Kier molecular flexibility index (Phi) is 4.00. The van der Waals surface area contributed by atoms with Crippen LogP contribution in [-0.2, 0) is 11.2 Å². The second-order valence-corrected chi connectivity index (χ2v) is 5.29. The van der Waals surface area contributed by atoms with Gasteiger partial charge in [-0.25, -0.2) is 0 Å². The number of amides is 1. The van der Waals surface area contributed by atoms with Crippen LogP contribution in [0.3, 0.4) is 0 Å². The van der Waals surface area contributed by atoms with Gasteiger partial charge in [0.2, 0.25) is 5.91 Å². The Bertz CT molecular complexity index is 509. The van der Waals surface area contributed by atoms with Crippen LogP contribution in [0.1, 0.15) is 36.2 Å². The molecule has 1 aliphatic heterocycles. The first-order valence-electron chi connectivity index (χ1n) is 6.67. The number of anilines is 1. The topological polar surface area (TPSA) is 58.2 Å². The lowest BCUT2D eigenvalue weighted by atomic mass is 9.92. The van der Waals surface area contributed by atoms with E-state index in [1.165, 1.54) is 0 Å². The van der Waals surface area contributed by atoms with Crippen molar-refractivity contribution in [1.82, 2.24) is 5.32 Å². The number of carbonyl (C=O) groups excluding carboxylic acids is 2. The maximum Gasteiger partial charge on any atom is 0.224 e. The molecule has 4 heteroatoms. The Labute approximate surface area is 113 Å². The molecule has 0 saturated carbocycles. The van der Waals surface area contributed by atoms with Crippen molar-refractivity contribution in [2.45, 2.75) is 32.7 Å². The Morgan fingerprint density at radius 2 is 2.05 bits per heavy atom. The summed E-state index contributed by atoms with van der Waals surface area (Å²) in [5.41, 5.74) is 2.59. The quantitative estimate of drug-likeness (QED) is 0.814. The predicted octanol–water partition coefficient (Wildman–Crippen LogP) is 2.00. The molecular weight excluding hydrogens is 240 g/mol. The Balaban J connectivity index is 2.27. The number of likely N-dealkylation sites (N-methyl/N-ethyl adjacent to an activating group) is 1. The number of benzene rings is 1. The van der Waals surface area contributed by atoms with Gasteiger partial charge in [-0.1, -0.05) is 13.8 Å². The first-order valence-corrected chi connectivity index (χ1v) is 6.67. The zero-order valence-electron chi connectivity index (χ0n) is 11.6. The van der Waals surface area contributed by atoms with Crippen molar-refractivity contribution in [3.8, 4) is 0 Å². The summed E-state index contributed by atoms with van der Waals surface area (Å²) in [7, 11) is 1.81. The van der Waals surface area contributed by atoms with Crippen LogP contribution in [-0.4, -0.2) is 24.8 Å². The first kappa shape index (κ1) is 13.7. The molecule has 0 saturated heterocycles. The number of carbonyl (C=O) groups is 2. The van der Waals surface area contributed by atoms with Gasteiger partial charge in [-0.2, -0.15) is 0 Å². The number of hydrogen-bond acceptors (Lipinski definition) is 3. The van der Waals surface area contributed by atoms with Gasteiger partial charge in [0.25, 0.3) is 0 Å². The van der Waals surface area contributed by atoms with E-state index in [2.05, 4.69) is 10.6 Å². The summed E-state index contributed by atoms with van der Waals surface area (Å²) in [6.45, 7) is 4.05. The minimum atomic E-state index is -0.170. The lowest BCUT2D eigenvalue weighted by molar-refractivity contribution is -0.116. The number of Topliss-reactive ketones (excluding diaryl/α,β-unsaturated/α-hetero) is 1. The van der Waals surface area contributed by atoms with E-state index in [1.54, 1.807) is 13.1 Å². The number of hydrogen-bond donors (Lipinski definition) is 2. The van der Waals surface area contributed by atoms with E-state index in [-0.39, 0.29) is 23.7 Å². The molecule has 0 bridgehead atoms. The highest BCUT2D eigenvalue weighted by Crippen LogP contribution is 2.24. The van der Waals surface area contributed by atoms with Gasteiger partial charge in [-0.3, -0.25) is 9.59 Å². The number of nitrogens with one attached hydrogen (secondary N) is 2. The van der Waals surface area contributed by atoms with E-state index in [4.69, 9.17) is 0 Å². The molecule has 0 spiro atoms. The minimum absolute atomic E-state index is 0.0434. The summed E-state index contributed by atoms with van der Waals surface area (Å²) in [6, 6.07) is 5.35. The molecule has 102 valence electrons. The molecule has 1 aromatic carbocycles. The van der Waals surface area contributed by atoms with Gasteiger partial charge in [-0.15, -0.1) is 0 Å². The highest BCUT2D eigenvalue weighted by atomic mass is 16.1. The highest BCUT2D eigenvalue weighted by molar-refractivity contribution is 6.02. The fourth-order valence-corrected chi connectivity index (χ4v) is 2.48. The van der Waals surface area contributed by atoms with Crippen LogP contribution in [0.25, 0.3) is 0 Å². The lowest BCUT2D eigenvalue weighted by Gasteiger charge is -2.21. The average molecular weight is 260 g/mol. The smallest absolute Gasteiger partial charge is 0.224 e. The van der Waals surface area contributed by atoms with Crippen LogP contribution in [0, 0.1) is 5.92 Å². The fraction of sp³-hybridized carbons (Fsp3) is 0.467. The van der Waals surface area contributed by atoms with Crippen molar-refractivity contribution < 1.29 is 9.59 Å². The van der Waals surface area contributed by atoms with Gasteiger partial charge in [0.05, 0.1) is 6.04 Å².